The normalized spacial score (nSPS) is 20.2. The zero-order valence-corrected chi connectivity index (χ0v) is 9.18. The monoisotopic (exact) mass is 205 g/mol. The van der Waals surface area contributed by atoms with Gasteiger partial charge in [-0.1, -0.05) is 36.4 Å². The van der Waals surface area contributed by atoms with Crippen LogP contribution in [0.25, 0.3) is 0 Å². The van der Waals surface area contributed by atoms with E-state index >= 15 is 0 Å². The van der Waals surface area contributed by atoms with Crippen molar-refractivity contribution in [2.75, 3.05) is 12.8 Å². The maximum atomic E-state index is 3.45. The third kappa shape index (κ3) is 2.02. The molecule has 1 N–H and O–H groups in total. The lowest BCUT2D eigenvalue weighted by Crippen LogP contribution is -2.15. The van der Waals surface area contributed by atoms with Gasteiger partial charge in [-0.25, -0.2) is 0 Å². The summed E-state index contributed by atoms with van der Waals surface area (Å²) in [5.74, 6) is 1.10. The Morgan fingerprint density at radius 2 is 2.29 bits per heavy atom. The van der Waals surface area contributed by atoms with E-state index in [1.54, 1.807) is 0 Å². The van der Waals surface area contributed by atoms with Crippen molar-refractivity contribution in [3.63, 3.8) is 0 Å². The third-order valence-corrected chi connectivity index (χ3v) is 3.07. The van der Waals surface area contributed by atoms with Crippen molar-refractivity contribution in [1.29, 1.82) is 0 Å². The van der Waals surface area contributed by atoms with Gasteiger partial charge in [0.25, 0.3) is 0 Å². The van der Waals surface area contributed by atoms with Gasteiger partial charge in [0, 0.05) is 12.3 Å². The molecule has 0 bridgehead atoms. The minimum atomic E-state index is 0.429. The second-order valence-corrected chi connectivity index (χ2v) is 4.31. The van der Waals surface area contributed by atoms with E-state index in [4.69, 9.17) is 0 Å². The van der Waals surface area contributed by atoms with Crippen molar-refractivity contribution in [3.05, 3.63) is 47.5 Å². The molecule has 0 fully saturated rings. The van der Waals surface area contributed by atoms with Crippen LogP contribution in [0.4, 0.5) is 0 Å². The highest BCUT2D eigenvalue weighted by molar-refractivity contribution is 7.97. The molecule has 2 heteroatoms. The first-order valence-corrected chi connectivity index (χ1v) is 6.28. The summed E-state index contributed by atoms with van der Waals surface area (Å²) in [4.78, 5) is 0. The zero-order chi connectivity index (χ0) is 9.80. The Kier molecular flexibility index (Phi) is 3.27. The van der Waals surface area contributed by atoms with Crippen LogP contribution in [-0.2, 0) is 5.75 Å². The summed E-state index contributed by atoms with van der Waals surface area (Å²) >= 11 is 1.88. The van der Waals surface area contributed by atoms with Crippen LogP contribution in [0.3, 0.4) is 0 Å². The number of benzene rings is 1. The molecular weight excluding hydrogens is 190 g/mol. The third-order valence-electron chi connectivity index (χ3n) is 2.47. The Balaban J connectivity index is 2.26. The van der Waals surface area contributed by atoms with E-state index in [2.05, 4.69) is 48.0 Å². The van der Waals surface area contributed by atoms with Crippen LogP contribution in [0.15, 0.2) is 36.4 Å². The summed E-state index contributed by atoms with van der Waals surface area (Å²) in [5.41, 5.74) is 2.87. The van der Waals surface area contributed by atoms with Gasteiger partial charge in [-0.05, 0) is 17.4 Å². The van der Waals surface area contributed by atoms with Crippen LogP contribution >= 0.6 is 11.8 Å². The second kappa shape index (κ2) is 4.67. The first-order chi connectivity index (χ1) is 6.92. The zero-order valence-electron chi connectivity index (χ0n) is 8.36. The van der Waals surface area contributed by atoms with E-state index in [-0.39, 0.29) is 0 Å². The van der Waals surface area contributed by atoms with Gasteiger partial charge in [0.15, 0.2) is 0 Å². The number of nitrogens with one attached hydrogen (secondary N) is 1. The van der Waals surface area contributed by atoms with Crippen molar-refractivity contribution in [1.82, 2.24) is 5.32 Å². The lowest BCUT2D eigenvalue weighted by Gasteiger charge is -2.14. The standard InChI is InChI=1S/C12H15NS/c1-14-9-10-5-2-3-6-11(10)12-7-4-8-13-12/h2-7,12-13H,8-9H2,1H3. The van der Waals surface area contributed by atoms with Gasteiger partial charge in [0.1, 0.15) is 0 Å². The summed E-state index contributed by atoms with van der Waals surface area (Å²) in [6.45, 7) is 0.998. The maximum Gasteiger partial charge on any atom is 0.0512 e. The summed E-state index contributed by atoms with van der Waals surface area (Å²) in [6.07, 6.45) is 6.59. The SMILES string of the molecule is CSCc1ccccc1C1C=CCN1. The Morgan fingerprint density at radius 1 is 1.43 bits per heavy atom. The Bertz CT molecular complexity index is 333. The van der Waals surface area contributed by atoms with E-state index < -0.39 is 0 Å². The highest BCUT2D eigenvalue weighted by Crippen LogP contribution is 2.24. The molecule has 2 rings (SSSR count). The maximum absolute atomic E-state index is 3.45. The van der Waals surface area contributed by atoms with Gasteiger partial charge >= 0.3 is 0 Å². The van der Waals surface area contributed by atoms with Crippen molar-refractivity contribution in [2.45, 2.75) is 11.8 Å². The fourth-order valence-electron chi connectivity index (χ4n) is 1.81. The smallest absolute Gasteiger partial charge is 0.0512 e. The summed E-state index contributed by atoms with van der Waals surface area (Å²) in [5, 5.41) is 3.45. The average Bonchev–Trinajstić information content (AvgIpc) is 2.72. The highest BCUT2D eigenvalue weighted by Gasteiger charge is 2.13. The molecule has 0 saturated carbocycles. The quantitative estimate of drug-likeness (QED) is 0.761. The average molecular weight is 205 g/mol. The minimum Gasteiger partial charge on any atom is -0.303 e. The Hall–Kier alpha value is -0.730. The number of hydrogen-bond acceptors (Lipinski definition) is 2. The van der Waals surface area contributed by atoms with Crippen LogP contribution in [0.2, 0.25) is 0 Å². The number of thioether (sulfide) groups is 1. The molecule has 1 atom stereocenters. The van der Waals surface area contributed by atoms with Crippen LogP contribution in [0.5, 0.6) is 0 Å². The summed E-state index contributed by atoms with van der Waals surface area (Å²) < 4.78 is 0. The molecule has 0 amide bonds. The lowest BCUT2D eigenvalue weighted by molar-refractivity contribution is 0.708. The largest absolute Gasteiger partial charge is 0.303 e. The molecule has 0 spiro atoms. The molecule has 14 heavy (non-hydrogen) atoms. The van der Waals surface area contributed by atoms with Crippen molar-refractivity contribution >= 4 is 11.8 Å². The molecule has 1 heterocycles. The molecule has 1 aromatic carbocycles. The van der Waals surface area contributed by atoms with Crippen LogP contribution in [0.1, 0.15) is 17.2 Å². The molecule has 1 aliphatic rings. The fraction of sp³-hybridized carbons (Fsp3) is 0.333. The van der Waals surface area contributed by atoms with Gasteiger partial charge in [0.2, 0.25) is 0 Å². The molecule has 0 radical (unpaired) electrons. The minimum absolute atomic E-state index is 0.429. The van der Waals surface area contributed by atoms with E-state index in [0.29, 0.717) is 6.04 Å². The van der Waals surface area contributed by atoms with E-state index in [9.17, 15) is 0 Å². The Morgan fingerprint density at radius 3 is 3.00 bits per heavy atom. The van der Waals surface area contributed by atoms with Crippen molar-refractivity contribution < 1.29 is 0 Å². The molecule has 0 aromatic heterocycles. The topological polar surface area (TPSA) is 12.0 Å². The second-order valence-electron chi connectivity index (χ2n) is 3.45. The molecule has 1 aromatic rings. The van der Waals surface area contributed by atoms with Crippen molar-refractivity contribution in [2.24, 2.45) is 0 Å². The number of hydrogen-bond donors (Lipinski definition) is 1. The fourth-order valence-corrected chi connectivity index (χ4v) is 2.38. The Labute approximate surface area is 89.6 Å². The highest BCUT2D eigenvalue weighted by atomic mass is 32.2. The van der Waals surface area contributed by atoms with Crippen LogP contribution < -0.4 is 5.32 Å². The molecule has 1 unspecified atom stereocenters. The van der Waals surface area contributed by atoms with E-state index in [1.165, 1.54) is 11.1 Å². The van der Waals surface area contributed by atoms with Gasteiger partial charge in [-0.2, -0.15) is 11.8 Å². The van der Waals surface area contributed by atoms with Gasteiger partial charge < -0.3 is 5.32 Å². The van der Waals surface area contributed by atoms with Crippen molar-refractivity contribution in [3.8, 4) is 0 Å². The molecule has 0 saturated heterocycles. The number of rotatable bonds is 3. The molecule has 1 aliphatic heterocycles. The summed E-state index contributed by atoms with van der Waals surface area (Å²) in [7, 11) is 0. The van der Waals surface area contributed by atoms with E-state index in [0.717, 1.165) is 12.3 Å². The molecule has 0 aliphatic carbocycles. The summed E-state index contributed by atoms with van der Waals surface area (Å²) in [6, 6.07) is 9.11. The first kappa shape index (κ1) is 9.81. The molecular formula is C12H15NS. The van der Waals surface area contributed by atoms with Crippen LogP contribution in [0, 0.1) is 0 Å². The predicted octanol–water partition coefficient (Wildman–Crippen LogP) is 2.75. The van der Waals surface area contributed by atoms with Gasteiger partial charge in [-0.15, -0.1) is 0 Å². The molecule has 74 valence electrons. The molecule has 1 nitrogen and oxygen atoms in total. The first-order valence-electron chi connectivity index (χ1n) is 4.88. The van der Waals surface area contributed by atoms with Gasteiger partial charge in [0.05, 0.1) is 6.04 Å². The van der Waals surface area contributed by atoms with Crippen LogP contribution in [-0.4, -0.2) is 12.8 Å². The van der Waals surface area contributed by atoms with Gasteiger partial charge in [-0.3, -0.25) is 0 Å². The predicted molar refractivity (Wildman–Crippen MR) is 63.5 cm³/mol. The van der Waals surface area contributed by atoms with E-state index in [1.807, 2.05) is 11.8 Å². The lowest BCUT2D eigenvalue weighted by atomic mass is 10.0.